The van der Waals surface area contributed by atoms with E-state index in [9.17, 15) is 10.1 Å². The van der Waals surface area contributed by atoms with Crippen molar-refractivity contribution in [2.75, 3.05) is 18.9 Å². The van der Waals surface area contributed by atoms with Crippen LogP contribution in [0.4, 0.5) is 11.4 Å². The maximum Gasteiger partial charge on any atom is 0.313 e. The van der Waals surface area contributed by atoms with Crippen LogP contribution in [-0.2, 0) is 0 Å². The first-order valence-corrected chi connectivity index (χ1v) is 6.64. The van der Waals surface area contributed by atoms with Gasteiger partial charge in [0, 0.05) is 12.1 Å². The minimum atomic E-state index is -0.502. The zero-order valence-electron chi connectivity index (χ0n) is 12.4. The molecule has 0 amide bonds. The second-order valence-electron chi connectivity index (χ2n) is 5.52. The third-order valence-electron chi connectivity index (χ3n) is 2.43. The molecule has 0 fully saturated rings. The quantitative estimate of drug-likeness (QED) is 0.471. The van der Waals surface area contributed by atoms with Gasteiger partial charge in [-0.15, -0.1) is 0 Å². The smallest absolute Gasteiger partial charge is 0.313 e. The van der Waals surface area contributed by atoms with Crippen molar-refractivity contribution in [3.63, 3.8) is 0 Å². The summed E-state index contributed by atoms with van der Waals surface area (Å²) in [7, 11) is 0. The Morgan fingerprint density at radius 1 is 1.10 bits per heavy atom. The van der Waals surface area contributed by atoms with E-state index in [1.54, 1.807) is 0 Å². The van der Waals surface area contributed by atoms with Gasteiger partial charge in [-0.2, -0.15) is 0 Å². The average Bonchev–Trinajstić information content (AvgIpc) is 2.34. The summed E-state index contributed by atoms with van der Waals surface area (Å²) in [6.45, 7) is 8.86. The van der Waals surface area contributed by atoms with Gasteiger partial charge in [-0.05, 0) is 11.8 Å². The minimum Gasteiger partial charge on any atom is -0.491 e. The lowest BCUT2D eigenvalue weighted by Crippen LogP contribution is -2.09. The molecule has 0 radical (unpaired) electrons. The van der Waals surface area contributed by atoms with Gasteiger partial charge in [-0.1, -0.05) is 27.7 Å². The van der Waals surface area contributed by atoms with E-state index in [-0.39, 0.29) is 23.0 Å². The number of ether oxygens (including phenoxy) is 2. The maximum absolute atomic E-state index is 11.0. The van der Waals surface area contributed by atoms with Crippen LogP contribution in [0.2, 0.25) is 0 Å². The summed E-state index contributed by atoms with van der Waals surface area (Å²) in [5.74, 6) is 1.22. The summed E-state index contributed by atoms with van der Waals surface area (Å²) in [6, 6.07) is 2.78. The van der Waals surface area contributed by atoms with Gasteiger partial charge in [-0.3, -0.25) is 10.1 Å². The van der Waals surface area contributed by atoms with Crippen LogP contribution in [0.15, 0.2) is 12.1 Å². The van der Waals surface area contributed by atoms with Crippen LogP contribution < -0.4 is 15.2 Å². The zero-order valence-corrected chi connectivity index (χ0v) is 12.4. The molecule has 2 N–H and O–H groups in total. The predicted molar refractivity (Wildman–Crippen MR) is 78.2 cm³/mol. The van der Waals surface area contributed by atoms with Gasteiger partial charge in [0.05, 0.1) is 23.8 Å². The average molecular weight is 282 g/mol. The Morgan fingerprint density at radius 2 is 1.60 bits per heavy atom. The molecular weight excluding hydrogens is 260 g/mol. The first-order chi connectivity index (χ1) is 9.31. The molecule has 20 heavy (non-hydrogen) atoms. The Balaban J connectivity index is 3.03. The third-order valence-corrected chi connectivity index (χ3v) is 2.43. The largest absolute Gasteiger partial charge is 0.491 e. The highest BCUT2D eigenvalue weighted by Crippen LogP contribution is 2.36. The first kappa shape index (κ1) is 16.1. The van der Waals surface area contributed by atoms with Crippen molar-refractivity contribution in [1.82, 2.24) is 0 Å². The van der Waals surface area contributed by atoms with E-state index >= 15 is 0 Å². The van der Waals surface area contributed by atoms with Gasteiger partial charge in [-0.25, -0.2) is 0 Å². The van der Waals surface area contributed by atoms with E-state index in [4.69, 9.17) is 15.2 Å². The Kier molecular flexibility index (Phi) is 5.61. The zero-order chi connectivity index (χ0) is 15.3. The van der Waals surface area contributed by atoms with Gasteiger partial charge in [0.1, 0.15) is 5.75 Å². The Bertz CT molecular complexity index is 472. The van der Waals surface area contributed by atoms with E-state index < -0.39 is 4.92 Å². The molecule has 6 nitrogen and oxygen atoms in total. The van der Waals surface area contributed by atoms with Gasteiger partial charge in [0.15, 0.2) is 0 Å². The first-order valence-electron chi connectivity index (χ1n) is 6.64. The van der Waals surface area contributed by atoms with E-state index in [1.807, 2.05) is 27.7 Å². The highest BCUT2D eigenvalue weighted by Gasteiger charge is 2.19. The number of benzene rings is 1. The summed E-state index contributed by atoms with van der Waals surface area (Å²) in [5, 5.41) is 11.0. The number of nitro benzene ring substituents is 1. The van der Waals surface area contributed by atoms with Crippen molar-refractivity contribution in [3.8, 4) is 11.5 Å². The van der Waals surface area contributed by atoms with Crippen molar-refractivity contribution < 1.29 is 14.4 Å². The molecule has 1 rings (SSSR count). The summed E-state index contributed by atoms with van der Waals surface area (Å²) >= 11 is 0. The Hall–Kier alpha value is -1.98. The molecule has 1 aromatic carbocycles. The van der Waals surface area contributed by atoms with Crippen LogP contribution in [0.3, 0.4) is 0 Å². The third kappa shape index (κ3) is 4.60. The molecule has 0 heterocycles. The molecular formula is C14H22N2O4. The van der Waals surface area contributed by atoms with Gasteiger partial charge < -0.3 is 15.2 Å². The molecule has 0 aliphatic carbocycles. The summed E-state index contributed by atoms with van der Waals surface area (Å²) in [4.78, 5) is 10.5. The second-order valence-corrected chi connectivity index (χ2v) is 5.52. The fourth-order valence-corrected chi connectivity index (χ4v) is 1.46. The Morgan fingerprint density at radius 3 is 2.05 bits per heavy atom. The van der Waals surface area contributed by atoms with Crippen LogP contribution in [0, 0.1) is 22.0 Å². The SMILES string of the molecule is CC(C)COc1cc(OCC(C)C)c([N+](=O)[O-])cc1N. The molecule has 0 saturated carbocycles. The van der Waals surface area contributed by atoms with Gasteiger partial charge >= 0.3 is 5.69 Å². The fraction of sp³-hybridized carbons (Fsp3) is 0.571. The van der Waals surface area contributed by atoms with Crippen LogP contribution in [0.25, 0.3) is 0 Å². The topological polar surface area (TPSA) is 87.6 Å². The molecule has 0 saturated heterocycles. The van der Waals surface area contributed by atoms with E-state index in [1.165, 1.54) is 12.1 Å². The number of nitrogen functional groups attached to an aromatic ring is 1. The van der Waals surface area contributed by atoms with E-state index in [2.05, 4.69) is 0 Å². The molecule has 6 heteroatoms. The van der Waals surface area contributed by atoms with Crippen LogP contribution in [-0.4, -0.2) is 18.1 Å². The summed E-state index contributed by atoms with van der Waals surface area (Å²) in [5.41, 5.74) is 5.89. The van der Waals surface area contributed by atoms with Crippen LogP contribution >= 0.6 is 0 Å². The molecule has 0 spiro atoms. The maximum atomic E-state index is 11.0. The molecule has 0 aliphatic rings. The van der Waals surface area contributed by atoms with Crippen molar-refractivity contribution in [1.29, 1.82) is 0 Å². The normalized spacial score (nSPS) is 10.9. The molecule has 0 bridgehead atoms. The van der Waals surface area contributed by atoms with Gasteiger partial charge in [0.25, 0.3) is 0 Å². The molecule has 0 aromatic heterocycles. The number of hydrogen-bond donors (Lipinski definition) is 1. The van der Waals surface area contributed by atoms with E-state index in [0.717, 1.165) is 0 Å². The second kappa shape index (κ2) is 6.98. The summed E-state index contributed by atoms with van der Waals surface area (Å²) in [6.07, 6.45) is 0. The van der Waals surface area contributed by atoms with Crippen LogP contribution in [0.1, 0.15) is 27.7 Å². The number of anilines is 1. The van der Waals surface area contributed by atoms with Crippen molar-refractivity contribution in [2.24, 2.45) is 11.8 Å². The van der Waals surface area contributed by atoms with Crippen molar-refractivity contribution in [3.05, 3.63) is 22.2 Å². The van der Waals surface area contributed by atoms with Gasteiger partial charge in [0.2, 0.25) is 5.75 Å². The summed E-state index contributed by atoms with van der Waals surface area (Å²) < 4.78 is 11.0. The lowest BCUT2D eigenvalue weighted by atomic mass is 10.2. The fourth-order valence-electron chi connectivity index (χ4n) is 1.46. The lowest BCUT2D eigenvalue weighted by Gasteiger charge is -2.14. The predicted octanol–water partition coefficient (Wildman–Crippen LogP) is 3.25. The highest BCUT2D eigenvalue weighted by molar-refractivity contribution is 5.64. The Labute approximate surface area is 119 Å². The van der Waals surface area contributed by atoms with Crippen molar-refractivity contribution in [2.45, 2.75) is 27.7 Å². The molecule has 0 atom stereocenters. The molecule has 112 valence electrons. The number of hydrogen-bond acceptors (Lipinski definition) is 5. The minimum absolute atomic E-state index is 0.139. The number of rotatable bonds is 7. The monoisotopic (exact) mass is 282 g/mol. The van der Waals surface area contributed by atoms with E-state index in [0.29, 0.717) is 24.9 Å². The number of nitrogens with two attached hydrogens (primary N) is 1. The lowest BCUT2D eigenvalue weighted by molar-refractivity contribution is -0.385. The molecule has 0 unspecified atom stereocenters. The molecule has 0 aliphatic heterocycles. The molecule has 1 aromatic rings. The number of nitrogens with zero attached hydrogens (tertiary/aromatic N) is 1. The van der Waals surface area contributed by atoms with Crippen molar-refractivity contribution >= 4 is 11.4 Å². The highest BCUT2D eigenvalue weighted by atomic mass is 16.6. The number of nitro groups is 1. The van der Waals surface area contributed by atoms with Crippen LogP contribution in [0.5, 0.6) is 11.5 Å². The standard InChI is InChI=1S/C14H22N2O4/c1-9(2)7-19-13-6-14(20-8-10(3)4)12(16(17)18)5-11(13)15/h5-6,9-10H,7-8,15H2,1-4H3.